The SMILES string of the molecule is C[C@@H](CNc1cc(C#N)ccc1C(F)(F)F)[S@](C)=O. The molecular formula is C12H13F3N2OS. The predicted molar refractivity (Wildman–Crippen MR) is 68.2 cm³/mol. The van der Waals surface area contributed by atoms with Gasteiger partial charge >= 0.3 is 6.18 Å². The molecular weight excluding hydrogens is 277 g/mol. The van der Waals surface area contributed by atoms with Crippen LogP contribution in [0.25, 0.3) is 0 Å². The lowest BCUT2D eigenvalue weighted by atomic mass is 10.1. The minimum Gasteiger partial charge on any atom is -0.383 e. The Hall–Kier alpha value is -1.55. The van der Waals surface area contributed by atoms with E-state index in [2.05, 4.69) is 5.32 Å². The zero-order chi connectivity index (χ0) is 14.6. The Morgan fingerprint density at radius 1 is 1.47 bits per heavy atom. The first-order chi connectivity index (χ1) is 8.75. The second kappa shape index (κ2) is 6.06. The number of rotatable bonds is 4. The average Bonchev–Trinajstić information content (AvgIpc) is 2.34. The van der Waals surface area contributed by atoms with E-state index < -0.39 is 22.5 Å². The molecule has 1 aromatic carbocycles. The lowest BCUT2D eigenvalue weighted by Gasteiger charge is -2.16. The van der Waals surface area contributed by atoms with Gasteiger partial charge in [0.25, 0.3) is 0 Å². The second-order valence-electron chi connectivity index (χ2n) is 4.06. The number of nitriles is 1. The molecule has 0 spiro atoms. The van der Waals surface area contributed by atoms with Crippen molar-refractivity contribution in [2.24, 2.45) is 0 Å². The highest BCUT2D eigenvalue weighted by atomic mass is 32.2. The third-order valence-electron chi connectivity index (χ3n) is 2.60. The highest BCUT2D eigenvalue weighted by Crippen LogP contribution is 2.35. The number of halogens is 3. The summed E-state index contributed by atoms with van der Waals surface area (Å²) in [5, 5.41) is 11.0. The Labute approximate surface area is 111 Å². The van der Waals surface area contributed by atoms with Gasteiger partial charge in [0.1, 0.15) is 0 Å². The zero-order valence-corrected chi connectivity index (χ0v) is 11.2. The second-order valence-corrected chi connectivity index (χ2v) is 5.86. The van der Waals surface area contributed by atoms with Crippen LogP contribution in [0.3, 0.4) is 0 Å². The fraction of sp³-hybridized carbons (Fsp3) is 0.417. The molecule has 0 bridgehead atoms. The summed E-state index contributed by atoms with van der Waals surface area (Å²) in [7, 11) is -1.13. The molecule has 0 saturated heterocycles. The van der Waals surface area contributed by atoms with Gasteiger partial charge in [0.2, 0.25) is 0 Å². The first-order valence-electron chi connectivity index (χ1n) is 5.43. The van der Waals surface area contributed by atoms with Gasteiger partial charge in [-0.15, -0.1) is 0 Å². The number of nitrogens with one attached hydrogen (secondary N) is 1. The zero-order valence-electron chi connectivity index (χ0n) is 10.4. The highest BCUT2D eigenvalue weighted by molar-refractivity contribution is 7.84. The molecule has 7 heteroatoms. The van der Waals surface area contributed by atoms with Crippen LogP contribution in [0.2, 0.25) is 0 Å². The Morgan fingerprint density at radius 3 is 2.58 bits per heavy atom. The molecule has 0 amide bonds. The summed E-state index contributed by atoms with van der Waals surface area (Å²) in [5.41, 5.74) is -0.856. The molecule has 0 unspecified atom stereocenters. The van der Waals surface area contributed by atoms with Crippen molar-refractivity contribution in [2.45, 2.75) is 18.3 Å². The molecule has 1 rings (SSSR count). The predicted octanol–water partition coefficient (Wildman–Crippen LogP) is 2.76. The molecule has 0 saturated carbocycles. The Balaban J connectivity index is 3.03. The van der Waals surface area contributed by atoms with Crippen molar-refractivity contribution in [1.82, 2.24) is 0 Å². The van der Waals surface area contributed by atoms with Crippen LogP contribution in [-0.4, -0.2) is 22.3 Å². The third-order valence-corrected chi connectivity index (χ3v) is 3.90. The smallest absolute Gasteiger partial charge is 0.383 e. The van der Waals surface area contributed by atoms with Crippen LogP contribution in [0.4, 0.5) is 18.9 Å². The van der Waals surface area contributed by atoms with Gasteiger partial charge in [-0.2, -0.15) is 18.4 Å². The van der Waals surface area contributed by atoms with Crippen molar-refractivity contribution in [3.05, 3.63) is 29.3 Å². The molecule has 3 nitrogen and oxygen atoms in total. The highest BCUT2D eigenvalue weighted by Gasteiger charge is 2.33. The van der Waals surface area contributed by atoms with Crippen molar-refractivity contribution < 1.29 is 17.4 Å². The van der Waals surface area contributed by atoms with Crippen molar-refractivity contribution in [3.8, 4) is 6.07 Å². The summed E-state index contributed by atoms with van der Waals surface area (Å²) in [6, 6.07) is 4.93. The van der Waals surface area contributed by atoms with Crippen LogP contribution in [-0.2, 0) is 17.0 Å². The number of hydrogen-bond donors (Lipinski definition) is 1. The first-order valence-corrected chi connectivity index (χ1v) is 7.05. The summed E-state index contributed by atoms with van der Waals surface area (Å²) in [4.78, 5) is 0. The number of benzene rings is 1. The summed E-state index contributed by atoms with van der Waals surface area (Å²) in [6.07, 6.45) is -3.01. The lowest BCUT2D eigenvalue weighted by Crippen LogP contribution is -2.22. The average molecular weight is 290 g/mol. The van der Waals surface area contributed by atoms with Crippen LogP contribution < -0.4 is 5.32 Å². The molecule has 0 aliphatic rings. The maximum absolute atomic E-state index is 12.8. The lowest BCUT2D eigenvalue weighted by molar-refractivity contribution is -0.136. The van der Waals surface area contributed by atoms with Crippen LogP contribution in [0, 0.1) is 11.3 Å². The maximum Gasteiger partial charge on any atom is 0.418 e. The Bertz CT molecular complexity index is 523. The van der Waals surface area contributed by atoms with E-state index in [1.54, 1.807) is 13.0 Å². The van der Waals surface area contributed by atoms with Crippen molar-refractivity contribution >= 4 is 16.5 Å². The van der Waals surface area contributed by atoms with E-state index in [-0.39, 0.29) is 23.0 Å². The van der Waals surface area contributed by atoms with E-state index >= 15 is 0 Å². The number of nitrogens with zero attached hydrogens (tertiary/aromatic N) is 1. The first kappa shape index (κ1) is 15.5. The molecule has 1 aromatic rings. The molecule has 0 radical (unpaired) electrons. The summed E-state index contributed by atoms with van der Waals surface area (Å²) < 4.78 is 49.5. The van der Waals surface area contributed by atoms with E-state index in [0.717, 1.165) is 18.2 Å². The molecule has 104 valence electrons. The quantitative estimate of drug-likeness (QED) is 0.927. The van der Waals surface area contributed by atoms with Gasteiger partial charge in [0.05, 0.1) is 17.2 Å². The normalized spacial score (nSPS) is 14.5. The van der Waals surface area contributed by atoms with E-state index in [0.29, 0.717) is 0 Å². The molecule has 0 aromatic heterocycles. The fourth-order valence-electron chi connectivity index (χ4n) is 1.38. The molecule has 0 heterocycles. The summed E-state index contributed by atoms with van der Waals surface area (Å²) >= 11 is 0. The summed E-state index contributed by atoms with van der Waals surface area (Å²) in [5.74, 6) is 0. The van der Waals surface area contributed by atoms with Crippen LogP contribution >= 0.6 is 0 Å². The van der Waals surface area contributed by atoms with Crippen molar-refractivity contribution in [2.75, 3.05) is 18.1 Å². The molecule has 19 heavy (non-hydrogen) atoms. The number of hydrogen-bond acceptors (Lipinski definition) is 3. The van der Waals surface area contributed by atoms with Gasteiger partial charge in [-0.1, -0.05) is 0 Å². The minimum absolute atomic E-state index is 0.140. The monoisotopic (exact) mass is 290 g/mol. The largest absolute Gasteiger partial charge is 0.418 e. The molecule has 0 aliphatic carbocycles. The van der Waals surface area contributed by atoms with Crippen LogP contribution in [0.15, 0.2) is 18.2 Å². The van der Waals surface area contributed by atoms with E-state index in [1.807, 2.05) is 0 Å². The minimum atomic E-state index is -4.50. The van der Waals surface area contributed by atoms with Crippen molar-refractivity contribution in [3.63, 3.8) is 0 Å². The van der Waals surface area contributed by atoms with Gasteiger partial charge in [0, 0.05) is 34.5 Å². The van der Waals surface area contributed by atoms with Crippen LogP contribution in [0.5, 0.6) is 0 Å². The standard InChI is InChI=1S/C12H13F3N2OS/c1-8(19(2)18)7-17-11-5-9(6-16)3-4-10(11)12(13,14)15/h3-5,8,17H,7H2,1-2H3/t8-,19-/m0/s1. The van der Waals surface area contributed by atoms with E-state index in [1.165, 1.54) is 6.26 Å². The molecule has 1 N–H and O–H groups in total. The maximum atomic E-state index is 12.8. The number of alkyl halides is 3. The molecule has 0 aliphatic heterocycles. The van der Waals surface area contributed by atoms with E-state index in [4.69, 9.17) is 5.26 Å². The molecule has 0 fully saturated rings. The Morgan fingerprint density at radius 2 is 2.11 bits per heavy atom. The van der Waals surface area contributed by atoms with E-state index in [9.17, 15) is 17.4 Å². The number of anilines is 1. The van der Waals surface area contributed by atoms with Crippen LogP contribution in [0.1, 0.15) is 18.1 Å². The molecule has 2 atom stereocenters. The topological polar surface area (TPSA) is 52.9 Å². The van der Waals surface area contributed by atoms with Crippen molar-refractivity contribution in [1.29, 1.82) is 5.26 Å². The fourth-order valence-corrected chi connectivity index (χ4v) is 1.70. The Kier molecular flexibility index (Phi) is 4.95. The third kappa shape index (κ3) is 4.24. The van der Waals surface area contributed by atoms with Gasteiger partial charge in [-0.05, 0) is 25.1 Å². The van der Waals surface area contributed by atoms with Gasteiger partial charge in [0.15, 0.2) is 0 Å². The summed E-state index contributed by atoms with van der Waals surface area (Å²) in [6.45, 7) is 1.81. The van der Waals surface area contributed by atoms with Gasteiger partial charge < -0.3 is 5.32 Å². The van der Waals surface area contributed by atoms with Gasteiger partial charge in [-0.3, -0.25) is 4.21 Å². The van der Waals surface area contributed by atoms with Gasteiger partial charge in [-0.25, -0.2) is 0 Å².